The molecule has 0 fully saturated rings. The van der Waals surface area contributed by atoms with Gasteiger partial charge in [0.05, 0.1) is 17.1 Å². The van der Waals surface area contributed by atoms with Crippen molar-refractivity contribution in [1.82, 2.24) is 5.32 Å². The van der Waals surface area contributed by atoms with Crippen molar-refractivity contribution in [2.45, 2.75) is 19.1 Å². The summed E-state index contributed by atoms with van der Waals surface area (Å²) in [5.41, 5.74) is 2.54. The molecule has 2 aromatic carbocycles. The van der Waals surface area contributed by atoms with Crippen molar-refractivity contribution in [3.63, 3.8) is 0 Å². The molecule has 2 aliphatic heterocycles. The van der Waals surface area contributed by atoms with Crippen LogP contribution in [-0.2, 0) is 17.8 Å². The summed E-state index contributed by atoms with van der Waals surface area (Å²) in [5, 5.41) is 7.32. The summed E-state index contributed by atoms with van der Waals surface area (Å²) in [6.07, 6.45) is 0.118. The van der Waals surface area contributed by atoms with E-state index >= 15 is 0 Å². The zero-order valence-corrected chi connectivity index (χ0v) is 14.8. The van der Waals surface area contributed by atoms with E-state index in [0.29, 0.717) is 41.9 Å². The Kier molecular flexibility index (Phi) is 4.46. The number of halogens is 2. The molecule has 2 aliphatic rings. The molecule has 130 valence electrons. The van der Waals surface area contributed by atoms with Gasteiger partial charge in [0.15, 0.2) is 11.5 Å². The van der Waals surface area contributed by atoms with E-state index in [1.165, 1.54) is 0 Å². The van der Waals surface area contributed by atoms with Gasteiger partial charge in [-0.05, 0) is 17.7 Å². The molecule has 4 rings (SSSR count). The molecule has 2 aromatic rings. The number of carbonyl (C=O) groups excluding carboxylic acids is 1. The number of fused-ring (bicyclic) bond motifs is 3. The molecule has 0 saturated carbocycles. The molecular formula is C18H16Cl2N2O3. The van der Waals surface area contributed by atoms with E-state index in [1.807, 2.05) is 24.3 Å². The van der Waals surface area contributed by atoms with E-state index in [0.717, 1.165) is 16.1 Å². The van der Waals surface area contributed by atoms with Crippen molar-refractivity contribution < 1.29 is 14.3 Å². The molecule has 25 heavy (non-hydrogen) atoms. The summed E-state index contributed by atoms with van der Waals surface area (Å²) in [6, 6.07) is 9.39. The van der Waals surface area contributed by atoms with E-state index in [-0.39, 0.29) is 18.4 Å². The summed E-state index contributed by atoms with van der Waals surface area (Å²) in [4.78, 5) is 11.7. The third-order valence-electron chi connectivity index (χ3n) is 4.22. The first-order valence-corrected chi connectivity index (χ1v) is 8.75. The van der Waals surface area contributed by atoms with E-state index in [1.54, 1.807) is 6.07 Å². The number of ether oxygens (including phenoxy) is 2. The lowest BCUT2D eigenvalue weighted by Gasteiger charge is -2.28. The van der Waals surface area contributed by atoms with Gasteiger partial charge in [-0.1, -0.05) is 35.3 Å². The molecule has 1 atom stereocenters. The van der Waals surface area contributed by atoms with Crippen LogP contribution in [0.5, 0.6) is 11.5 Å². The first kappa shape index (κ1) is 16.5. The summed E-state index contributed by atoms with van der Waals surface area (Å²) in [6.45, 7) is 1.76. The van der Waals surface area contributed by atoms with Crippen LogP contribution in [-0.4, -0.2) is 25.2 Å². The van der Waals surface area contributed by atoms with Gasteiger partial charge in [-0.15, -0.1) is 0 Å². The van der Waals surface area contributed by atoms with Gasteiger partial charge in [-0.25, -0.2) is 0 Å². The molecular weight excluding hydrogens is 363 g/mol. The maximum absolute atomic E-state index is 11.7. The second-order valence-corrected chi connectivity index (χ2v) is 6.92. The minimum Gasteiger partial charge on any atom is -0.486 e. The Morgan fingerprint density at radius 1 is 1.24 bits per heavy atom. The van der Waals surface area contributed by atoms with Crippen molar-refractivity contribution >= 4 is 34.8 Å². The van der Waals surface area contributed by atoms with Gasteiger partial charge >= 0.3 is 0 Å². The van der Waals surface area contributed by atoms with E-state index in [4.69, 9.17) is 32.7 Å². The fourth-order valence-electron chi connectivity index (χ4n) is 3.01. The summed E-state index contributed by atoms with van der Waals surface area (Å²) in [5.74, 6) is 1.12. The first-order valence-electron chi connectivity index (χ1n) is 8.00. The second-order valence-electron chi connectivity index (χ2n) is 6.07. The fourth-order valence-corrected chi connectivity index (χ4v) is 3.39. The Labute approximate surface area is 155 Å². The number of rotatable bonds is 4. The van der Waals surface area contributed by atoms with Crippen LogP contribution in [0.15, 0.2) is 30.3 Å². The van der Waals surface area contributed by atoms with Crippen molar-refractivity contribution in [3.8, 4) is 11.5 Å². The van der Waals surface area contributed by atoms with Gasteiger partial charge in [-0.3, -0.25) is 4.79 Å². The number of anilines is 1. The molecule has 7 heteroatoms. The zero-order chi connectivity index (χ0) is 17.4. The Morgan fingerprint density at radius 2 is 2.04 bits per heavy atom. The number of carbonyl (C=O) groups is 1. The molecule has 1 amide bonds. The van der Waals surface area contributed by atoms with Crippen LogP contribution in [0.1, 0.15) is 11.1 Å². The van der Waals surface area contributed by atoms with Crippen LogP contribution >= 0.6 is 23.2 Å². The van der Waals surface area contributed by atoms with Gasteiger partial charge in [0.2, 0.25) is 5.91 Å². The SMILES string of the molecule is O=C1Cc2c(c(Cl)cc3c2OC(CNCc2ccc(Cl)cc2)CO3)N1. The second kappa shape index (κ2) is 6.75. The van der Waals surface area contributed by atoms with Gasteiger partial charge in [-0.2, -0.15) is 0 Å². The predicted octanol–water partition coefficient (Wildman–Crippen LogP) is 3.42. The highest BCUT2D eigenvalue weighted by Crippen LogP contribution is 2.46. The molecule has 0 saturated heterocycles. The van der Waals surface area contributed by atoms with E-state index in [9.17, 15) is 4.79 Å². The first-order chi connectivity index (χ1) is 12.1. The molecule has 0 spiro atoms. The lowest BCUT2D eigenvalue weighted by Crippen LogP contribution is -2.38. The normalized spacial score (nSPS) is 18.0. The summed E-state index contributed by atoms with van der Waals surface area (Å²) < 4.78 is 11.9. The minimum absolute atomic E-state index is 0.0862. The minimum atomic E-state index is -0.138. The fraction of sp³-hybridized carbons (Fsp3) is 0.278. The monoisotopic (exact) mass is 378 g/mol. The van der Waals surface area contributed by atoms with Crippen molar-refractivity contribution in [3.05, 3.63) is 51.5 Å². The van der Waals surface area contributed by atoms with Crippen LogP contribution in [0, 0.1) is 0 Å². The average molecular weight is 379 g/mol. The van der Waals surface area contributed by atoms with Crippen molar-refractivity contribution in [2.75, 3.05) is 18.5 Å². The molecule has 2 N–H and O–H groups in total. The highest BCUT2D eigenvalue weighted by atomic mass is 35.5. The maximum atomic E-state index is 11.7. The molecule has 0 bridgehead atoms. The predicted molar refractivity (Wildman–Crippen MR) is 96.9 cm³/mol. The van der Waals surface area contributed by atoms with Gasteiger partial charge in [0.1, 0.15) is 12.7 Å². The molecule has 0 aliphatic carbocycles. The molecule has 0 aromatic heterocycles. The largest absolute Gasteiger partial charge is 0.486 e. The lowest BCUT2D eigenvalue weighted by molar-refractivity contribution is -0.115. The highest BCUT2D eigenvalue weighted by Gasteiger charge is 2.31. The Balaban J connectivity index is 1.42. The highest BCUT2D eigenvalue weighted by molar-refractivity contribution is 6.34. The van der Waals surface area contributed by atoms with Gasteiger partial charge in [0, 0.05) is 29.7 Å². The van der Waals surface area contributed by atoms with Crippen LogP contribution < -0.4 is 20.1 Å². The van der Waals surface area contributed by atoms with Gasteiger partial charge < -0.3 is 20.1 Å². The van der Waals surface area contributed by atoms with Crippen molar-refractivity contribution in [1.29, 1.82) is 0 Å². The zero-order valence-electron chi connectivity index (χ0n) is 13.3. The number of amides is 1. The Hall–Kier alpha value is -1.95. The lowest BCUT2D eigenvalue weighted by atomic mass is 10.1. The van der Waals surface area contributed by atoms with E-state index < -0.39 is 0 Å². The average Bonchev–Trinajstić information content (AvgIpc) is 3.00. The summed E-state index contributed by atoms with van der Waals surface area (Å²) >= 11 is 12.1. The number of benzene rings is 2. The van der Waals surface area contributed by atoms with Gasteiger partial charge in [0.25, 0.3) is 0 Å². The van der Waals surface area contributed by atoms with E-state index in [2.05, 4.69) is 10.6 Å². The number of hydrogen-bond acceptors (Lipinski definition) is 4. The molecule has 2 heterocycles. The van der Waals surface area contributed by atoms with Crippen LogP contribution in [0.25, 0.3) is 0 Å². The standard InChI is InChI=1S/C18H16Cl2N2O3/c19-11-3-1-10(2-4-11)7-21-8-12-9-24-15-6-14(20)17-13(18(15)25-12)5-16(23)22-17/h1-4,6,12,21H,5,7-9H2,(H,22,23). The molecule has 0 radical (unpaired) electrons. The molecule has 1 unspecified atom stereocenters. The van der Waals surface area contributed by atoms with Crippen LogP contribution in [0.3, 0.4) is 0 Å². The third kappa shape index (κ3) is 3.40. The Morgan fingerprint density at radius 3 is 2.84 bits per heavy atom. The number of hydrogen-bond donors (Lipinski definition) is 2. The Bertz CT molecular complexity index is 824. The smallest absolute Gasteiger partial charge is 0.229 e. The van der Waals surface area contributed by atoms with Crippen molar-refractivity contribution in [2.24, 2.45) is 0 Å². The summed E-state index contributed by atoms with van der Waals surface area (Å²) in [7, 11) is 0. The topological polar surface area (TPSA) is 59.6 Å². The maximum Gasteiger partial charge on any atom is 0.229 e. The molecule has 5 nitrogen and oxygen atoms in total. The van der Waals surface area contributed by atoms with Crippen LogP contribution in [0.2, 0.25) is 10.0 Å². The van der Waals surface area contributed by atoms with Crippen LogP contribution in [0.4, 0.5) is 5.69 Å². The number of nitrogens with one attached hydrogen (secondary N) is 2. The quantitative estimate of drug-likeness (QED) is 0.855. The third-order valence-corrected chi connectivity index (χ3v) is 4.77.